The number of halogens is 2. The summed E-state index contributed by atoms with van der Waals surface area (Å²) < 4.78 is 25.0. The van der Waals surface area contributed by atoms with Gasteiger partial charge in [-0.3, -0.25) is 0 Å². The van der Waals surface area contributed by atoms with Crippen LogP contribution in [0, 0.1) is 11.3 Å². The zero-order valence-corrected chi connectivity index (χ0v) is 11.2. The van der Waals surface area contributed by atoms with Gasteiger partial charge in [0.25, 0.3) is 6.43 Å². The first kappa shape index (κ1) is 14.4. The van der Waals surface area contributed by atoms with Gasteiger partial charge in [-0.25, -0.2) is 8.78 Å². The summed E-state index contributed by atoms with van der Waals surface area (Å²) in [7, 11) is 0. The average Bonchev–Trinajstić information content (AvgIpc) is 2.81. The minimum atomic E-state index is -2.47. The van der Waals surface area contributed by atoms with E-state index in [1.807, 2.05) is 0 Å². The second-order valence-electron chi connectivity index (χ2n) is 5.78. The molecule has 1 saturated carbocycles. The Bertz CT molecular complexity index is 421. The molecular weight excluding hydrogens is 248 g/mol. The van der Waals surface area contributed by atoms with E-state index in [2.05, 4.69) is 6.92 Å². The Labute approximate surface area is 112 Å². The van der Waals surface area contributed by atoms with Crippen molar-refractivity contribution in [3.63, 3.8) is 0 Å². The van der Waals surface area contributed by atoms with Gasteiger partial charge in [-0.2, -0.15) is 0 Å². The number of hydrogen-bond acceptors (Lipinski definition) is 2. The maximum Gasteiger partial charge on any atom is 0.263 e. The molecule has 0 amide bonds. The topological polar surface area (TPSA) is 46.2 Å². The molecule has 4 heteroatoms. The minimum Gasteiger partial charge on any atom is -0.388 e. The van der Waals surface area contributed by atoms with Crippen LogP contribution in [0.4, 0.5) is 8.78 Å². The van der Waals surface area contributed by atoms with Crippen LogP contribution in [0.25, 0.3) is 0 Å². The number of rotatable bonds is 4. The van der Waals surface area contributed by atoms with E-state index in [4.69, 9.17) is 5.73 Å². The van der Waals surface area contributed by atoms with Crippen LogP contribution >= 0.6 is 0 Å². The molecule has 19 heavy (non-hydrogen) atoms. The van der Waals surface area contributed by atoms with Crippen molar-refractivity contribution < 1.29 is 13.9 Å². The lowest BCUT2D eigenvalue weighted by atomic mass is 9.76. The highest BCUT2D eigenvalue weighted by Crippen LogP contribution is 2.49. The van der Waals surface area contributed by atoms with Gasteiger partial charge < -0.3 is 10.8 Å². The Morgan fingerprint density at radius 3 is 2.32 bits per heavy atom. The molecular formula is C15H21F2NO. The second-order valence-corrected chi connectivity index (χ2v) is 5.78. The Morgan fingerprint density at radius 1 is 1.32 bits per heavy atom. The van der Waals surface area contributed by atoms with Crippen molar-refractivity contribution in [3.8, 4) is 0 Å². The van der Waals surface area contributed by atoms with Gasteiger partial charge in [-0.05, 0) is 24.3 Å². The SMILES string of the molecule is CC1CCC(CN)(C(O)c2ccc(C(F)F)cc2)C1. The number of aliphatic hydroxyl groups excluding tert-OH is 1. The summed E-state index contributed by atoms with van der Waals surface area (Å²) in [5.74, 6) is 0.554. The lowest BCUT2D eigenvalue weighted by Gasteiger charge is -2.33. The highest BCUT2D eigenvalue weighted by molar-refractivity contribution is 5.26. The van der Waals surface area contributed by atoms with E-state index < -0.39 is 12.5 Å². The first-order chi connectivity index (χ1) is 8.98. The van der Waals surface area contributed by atoms with Crippen LogP contribution in [0.1, 0.15) is 49.8 Å². The van der Waals surface area contributed by atoms with Crippen LogP contribution in [-0.4, -0.2) is 11.7 Å². The molecule has 2 nitrogen and oxygen atoms in total. The third kappa shape index (κ3) is 2.79. The maximum absolute atomic E-state index is 12.5. The lowest BCUT2D eigenvalue weighted by molar-refractivity contribution is 0.0307. The van der Waals surface area contributed by atoms with Gasteiger partial charge in [0, 0.05) is 17.5 Å². The smallest absolute Gasteiger partial charge is 0.263 e. The van der Waals surface area contributed by atoms with Crippen LogP contribution in [0.2, 0.25) is 0 Å². The summed E-state index contributed by atoms with van der Waals surface area (Å²) in [6.45, 7) is 2.58. The third-order valence-corrected chi connectivity index (χ3v) is 4.38. The summed E-state index contributed by atoms with van der Waals surface area (Å²) in [4.78, 5) is 0. The second kappa shape index (κ2) is 5.55. The Hall–Kier alpha value is -1.00. The first-order valence-corrected chi connectivity index (χ1v) is 6.74. The van der Waals surface area contributed by atoms with E-state index in [0.717, 1.165) is 19.3 Å². The van der Waals surface area contributed by atoms with Crippen molar-refractivity contribution in [2.24, 2.45) is 17.1 Å². The van der Waals surface area contributed by atoms with Gasteiger partial charge in [0.2, 0.25) is 0 Å². The molecule has 0 spiro atoms. The number of hydrogen-bond donors (Lipinski definition) is 2. The fraction of sp³-hybridized carbons (Fsp3) is 0.600. The average molecular weight is 269 g/mol. The summed E-state index contributed by atoms with van der Waals surface area (Å²) in [5, 5.41) is 10.6. The van der Waals surface area contributed by atoms with Crippen molar-refractivity contribution in [1.82, 2.24) is 0 Å². The summed E-state index contributed by atoms with van der Waals surface area (Å²) in [6.07, 6.45) is -0.303. The number of benzene rings is 1. The predicted octanol–water partition coefficient (Wildman–Crippen LogP) is 3.42. The van der Waals surface area contributed by atoms with E-state index in [0.29, 0.717) is 18.0 Å². The Kier molecular flexibility index (Phi) is 4.21. The molecule has 0 bridgehead atoms. The molecule has 1 aromatic carbocycles. The van der Waals surface area contributed by atoms with Crippen molar-refractivity contribution >= 4 is 0 Å². The quantitative estimate of drug-likeness (QED) is 0.879. The van der Waals surface area contributed by atoms with E-state index in [-0.39, 0.29) is 11.0 Å². The van der Waals surface area contributed by atoms with Crippen LogP contribution < -0.4 is 5.73 Å². The summed E-state index contributed by atoms with van der Waals surface area (Å²) in [6, 6.07) is 5.94. The monoisotopic (exact) mass is 269 g/mol. The van der Waals surface area contributed by atoms with E-state index in [1.165, 1.54) is 12.1 Å². The molecule has 3 unspecified atom stereocenters. The van der Waals surface area contributed by atoms with Gasteiger partial charge in [-0.15, -0.1) is 0 Å². The Morgan fingerprint density at radius 2 is 1.89 bits per heavy atom. The van der Waals surface area contributed by atoms with Crippen molar-refractivity contribution in [3.05, 3.63) is 35.4 Å². The van der Waals surface area contributed by atoms with E-state index in [1.54, 1.807) is 12.1 Å². The number of alkyl halides is 2. The minimum absolute atomic E-state index is 0.0162. The van der Waals surface area contributed by atoms with Gasteiger partial charge in [0.05, 0.1) is 6.10 Å². The molecule has 3 N–H and O–H groups in total. The molecule has 0 heterocycles. The molecule has 0 aromatic heterocycles. The van der Waals surface area contributed by atoms with Crippen molar-refractivity contribution in [2.45, 2.75) is 38.7 Å². The number of nitrogens with two attached hydrogens (primary N) is 1. The molecule has 1 aliphatic carbocycles. The van der Waals surface area contributed by atoms with Crippen LogP contribution in [0.3, 0.4) is 0 Å². The first-order valence-electron chi connectivity index (χ1n) is 6.74. The molecule has 1 aromatic rings. The fourth-order valence-electron chi connectivity index (χ4n) is 3.15. The van der Waals surface area contributed by atoms with E-state index in [9.17, 15) is 13.9 Å². The third-order valence-electron chi connectivity index (χ3n) is 4.38. The fourth-order valence-corrected chi connectivity index (χ4v) is 3.15. The van der Waals surface area contributed by atoms with Gasteiger partial charge >= 0.3 is 0 Å². The molecule has 2 rings (SSSR count). The van der Waals surface area contributed by atoms with Gasteiger partial charge in [0.15, 0.2) is 0 Å². The molecule has 106 valence electrons. The van der Waals surface area contributed by atoms with Crippen LogP contribution in [0.5, 0.6) is 0 Å². The van der Waals surface area contributed by atoms with Crippen molar-refractivity contribution in [2.75, 3.05) is 6.54 Å². The predicted molar refractivity (Wildman–Crippen MR) is 70.9 cm³/mol. The summed E-state index contributed by atoms with van der Waals surface area (Å²) in [5.41, 5.74) is 6.24. The van der Waals surface area contributed by atoms with Gasteiger partial charge in [-0.1, -0.05) is 37.6 Å². The molecule has 1 aliphatic rings. The standard InChI is InChI=1S/C15H21F2NO/c1-10-6-7-15(8-10,9-18)13(19)11-2-4-12(5-3-11)14(16)17/h2-5,10,13-14,19H,6-9,18H2,1H3. The molecule has 0 aliphatic heterocycles. The normalized spacial score (nSPS) is 28.8. The Balaban J connectivity index is 2.20. The van der Waals surface area contributed by atoms with E-state index >= 15 is 0 Å². The highest BCUT2D eigenvalue weighted by Gasteiger charge is 2.42. The molecule has 0 radical (unpaired) electrons. The molecule has 3 atom stereocenters. The highest BCUT2D eigenvalue weighted by atomic mass is 19.3. The largest absolute Gasteiger partial charge is 0.388 e. The van der Waals surface area contributed by atoms with Crippen LogP contribution in [0.15, 0.2) is 24.3 Å². The lowest BCUT2D eigenvalue weighted by Crippen LogP contribution is -2.34. The number of aliphatic hydroxyl groups is 1. The van der Waals surface area contributed by atoms with Crippen molar-refractivity contribution in [1.29, 1.82) is 0 Å². The van der Waals surface area contributed by atoms with Gasteiger partial charge in [0.1, 0.15) is 0 Å². The molecule has 1 fully saturated rings. The zero-order valence-electron chi connectivity index (χ0n) is 11.2. The zero-order chi connectivity index (χ0) is 14.0. The molecule has 0 saturated heterocycles. The summed E-state index contributed by atoms with van der Waals surface area (Å²) >= 11 is 0. The van der Waals surface area contributed by atoms with Crippen LogP contribution in [-0.2, 0) is 0 Å². The maximum atomic E-state index is 12.5.